The van der Waals surface area contributed by atoms with Crippen LogP contribution in [0.2, 0.25) is 0 Å². The molecule has 0 spiro atoms. The first-order chi connectivity index (χ1) is 13.1. The van der Waals surface area contributed by atoms with E-state index in [-0.39, 0.29) is 16.1 Å². The Morgan fingerprint density at radius 2 is 1.61 bits per heavy atom. The highest BCUT2D eigenvalue weighted by Crippen LogP contribution is 2.38. The highest BCUT2D eigenvalue weighted by atomic mass is 32.2. The van der Waals surface area contributed by atoms with Crippen molar-refractivity contribution in [3.05, 3.63) is 71.8 Å². The number of anilines is 1. The molecule has 0 saturated carbocycles. The molecule has 0 amide bonds. The molecule has 146 valence electrons. The summed E-state index contributed by atoms with van der Waals surface area (Å²) in [5.74, 6) is -0.578. The van der Waals surface area contributed by atoms with Gasteiger partial charge < -0.3 is 9.84 Å². The molecule has 7 heteroatoms. The standard InChI is InChI=1S/C21H21NO5S/c1-21(2,24)14-9-11-16-17(12-10-14)19(13-18(16)20(23)27-3)22-28(25,26)15-7-5-4-6-8-15/h4-13,22,24H,1-3H3. The van der Waals surface area contributed by atoms with Gasteiger partial charge >= 0.3 is 5.97 Å². The van der Waals surface area contributed by atoms with Gasteiger partial charge in [-0.3, -0.25) is 4.72 Å². The van der Waals surface area contributed by atoms with Gasteiger partial charge in [-0.15, -0.1) is 0 Å². The van der Waals surface area contributed by atoms with Crippen molar-refractivity contribution in [3.63, 3.8) is 0 Å². The molecule has 3 rings (SSSR count). The minimum Gasteiger partial charge on any atom is -0.465 e. The number of esters is 1. The number of benzene rings is 1. The van der Waals surface area contributed by atoms with E-state index >= 15 is 0 Å². The zero-order valence-corrected chi connectivity index (χ0v) is 16.6. The van der Waals surface area contributed by atoms with Crippen LogP contribution < -0.4 is 4.72 Å². The zero-order chi connectivity index (χ0) is 20.5. The number of hydrogen-bond acceptors (Lipinski definition) is 5. The van der Waals surface area contributed by atoms with Crippen LogP contribution in [-0.2, 0) is 20.4 Å². The van der Waals surface area contributed by atoms with Gasteiger partial charge in [0.05, 0.1) is 28.9 Å². The fourth-order valence-corrected chi connectivity index (χ4v) is 4.02. The Hall–Kier alpha value is -2.90. The summed E-state index contributed by atoms with van der Waals surface area (Å²) >= 11 is 0. The van der Waals surface area contributed by atoms with Crippen molar-refractivity contribution < 1.29 is 23.1 Å². The Labute approximate surface area is 164 Å². The minimum atomic E-state index is -3.84. The Bertz CT molecular complexity index is 1090. The van der Waals surface area contributed by atoms with Gasteiger partial charge in [0.25, 0.3) is 10.0 Å². The predicted octanol–water partition coefficient (Wildman–Crippen LogP) is 3.61. The third-order valence-corrected chi connectivity index (χ3v) is 5.81. The average molecular weight is 399 g/mol. The van der Waals surface area contributed by atoms with E-state index in [4.69, 9.17) is 4.74 Å². The molecule has 28 heavy (non-hydrogen) atoms. The molecule has 0 atom stereocenters. The van der Waals surface area contributed by atoms with Gasteiger partial charge in [0.2, 0.25) is 0 Å². The van der Waals surface area contributed by atoms with E-state index in [9.17, 15) is 18.3 Å². The third kappa shape index (κ3) is 3.85. The maximum atomic E-state index is 12.7. The zero-order valence-electron chi connectivity index (χ0n) is 15.8. The number of sulfonamides is 1. The predicted molar refractivity (Wildman–Crippen MR) is 107 cm³/mol. The van der Waals surface area contributed by atoms with Crippen LogP contribution in [0.1, 0.15) is 29.8 Å². The largest absolute Gasteiger partial charge is 0.465 e. The van der Waals surface area contributed by atoms with Gasteiger partial charge in [-0.1, -0.05) is 42.5 Å². The summed E-state index contributed by atoms with van der Waals surface area (Å²) in [6.45, 7) is 3.29. The highest BCUT2D eigenvalue weighted by molar-refractivity contribution is 7.92. The van der Waals surface area contributed by atoms with Crippen molar-refractivity contribution in [2.45, 2.75) is 24.3 Å². The molecule has 0 unspecified atom stereocenters. The van der Waals surface area contributed by atoms with Crippen molar-refractivity contribution in [1.82, 2.24) is 0 Å². The maximum absolute atomic E-state index is 12.7. The van der Waals surface area contributed by atoms with E-state index in [2.05, 4.69) is 4.72 Å². The van der Waals surface area contributed by atoms with E-state index in [0.717, 1.165) is 0 Å². The maximum Gasteiger partial charge on any atom is 0.338 e. The minimum absolute atomic E-state index is 0.112. The molecule has 2 aliphatic carbocycles. The lowest BCUT2D eigenvalue weighted by atomic mass is 10.0. The van der Waals surface area contributed by atoms with Crippen molar-refractivity contribution in [3.8, 4) is 11.1 Å². The SMILES string of the molecule is COC(=O)c1cc(NS(=O)(=O)c2ccccc2)c2ccc(C(C)(C)O)ccc1-2. The van der Waals surface area contributed by atoms with Crippen LogP contribution in [0.5, 0.6) is 0 Å². The monoisotopic (exact) mass is 399 g/mol. The van der Waals surface area contributed by atoms with Crippen LogP contribution in [0.15, 0.2) is 65.6 Å². The average Bonchev–Trinajstić information content (AvgIpc) is 2.83. The van der Waals surface area contributed by atoms with E-state index < -0.39 is 21.6 Å². The Kier molecular flexibility index (Phi) is 5.14. The summed E-state index contributed by atoms with van der Waals surface area (Å²) in [5.41, 5.74) is 1.07. The molecule has 0 heterocycles. The summed E-state index contributed by atoms with van der Waals surface area (Å²) in [6.07, 6.45) is 0. The molecule has 0 radical (unpaired) electrons. The molecule has 0 bridgehead atoms. The van der Waals surface area contributed by atoms with Crippen molar-refractivity contribution in [1.29, 1.82) is 0 Å². The Morgan fingerprint density at radius 1 is 1.00 bits per heavy atom. The van der Waals surface area contributed by atoms with Gasteiger partial charge in [-0.05, 0) is 43.2 Å². The third-order valence-electron chi connectivity index (χ3n) is 4.43. The molecule has 0 fully saturated rings. The van der Waals surface area contributed by atoms with Gasteiger partial charge in [-0.25, -0.2) is 13.2 Å². The second kappa shape index (κ2) is 7.26. The van der Waals surface area contributed by atoms with E-state index in [1.54, 1.807) is 56.3 Å². The number of rotatable bonds is 5. The summed E-state index contributed by atoms with van der Waals surface area (Å²) in [6, 6.07) is 16.2. The van der Waals surface area contributed by atoms with E-state index in [0.29, 0.717) is 16.7 Å². The van der Waals surface area contributed by atoms with Crippen molar-refractivity contribution in [2.24, 2.45) is 0 Å². The first kappa shape index (κ1) is 19.9. The van der Waals surface area contributed by atoms with Crippen LogP contribution in [0.25, 0.3) is 11.1 Å². The van der Waals surface area contributed by atoms with E-state index in [1.807, 2.05) is 0 Å². The molecule has 1 aromatic rings. The second-order valence-electron chi connectivity index (χ2n) is 6.89. The Balaban J connectivity index is 2.16. The number of fused-ring (bicyclic) bond motifs is 1. The number of hydrogen-bond donors (Lipinski definition) is 2. The number of methoxy groups -OCH3 is 1. The molecule has 0 saturated heterocycles. The number of carbonyl (C=O) groups excluding carboxylic acids is 1. The fraction of sp³-hybridized carbons (Fsp3) is 0.190. The quantitative estimate of drug-likeness (QED) is 0.640. The number of aliphatic hydroxyl groups is 1. The Morgan fingerprint density at radius 3 is 2.18 bits per heavy atom. The van der Waals surface area contributed by atoms with Crippen LogP contribution in [-0.4, -0.2) is 26.6 Å². The van der Waals surface area contributed by atoms with Crippen molar-refractivity contribution in [2.75, 3.05) is 11.8 Å². The lowest BCUT2D eigenvalue weighted by molar-refractivity contribution is 0.0602. The van der Waals surface area contributed by atoms with Crippen molar-refractivity contribution >= 4 is 21.7 Å². The first-order valence-electron chi connectivity index (χ1n) is 8.59. The molecule has 2 N–H and O–H groups in total. The smallest absolute Gasteiger partial charge is 0.338 e. The summed E-state index contributed by atoms with van der Waals surface area (Å²) < 4.78 is 32.8. The van der Waals surface area contributed by atoms with Gasteiger partial charge in [0, 0.05) is 5.56 Å². The van der Waals surface area contributed by atoms with Crippen LogP contribution in [0, 0.1) is 0 Å². The number of ether oxygens (including phenoxy) is 1. The molecular formula is C21H21NO5S. The first-order valence-corrected chi connectivity index (χ1v) is 10.1. The number of carbonyl (C=O) groups is 1. The topological polar surface area (TPSA) is 92.7 Å². The highest BCUT2D eigenvalue weighted by Gasteiger charge is 2.25. The van der Waals surface area contributed by atoms with Gasteiger partial charge in [0.1, 0.15) is 0 Å². The molecular weight excluding hydrogens is 378 g/mol. The van der Waals surface area contributed by atoms with E-state index in [1.165, 1.54) is 25.3 Å². The fourth-order valence-electron chi connectivity index (χ4n) is 2.93. The lowest BCUT2D eigenvalue weighted by Crippen LogP contribution is -2.14. The lowest BCUT2D eigenvalue weighted by Gasteiger charge is -2.15. The molecule has 0 aliphatic heterocycles. The van der Waals surface area contributed by atoms with Gasteiger partial charge in [-0.2, -0.15) is 0 Å². The van der Waals surface area contributed by atoms with Crippen LogP contribution in [0.3, 0.4) is 0 Å². The molecule has 6 nitrogen and oxygen atoms in total. The molecule has 0 aromatic heterocycles. The summed E-state index contributed by atoms with van der Waals surface area (Å²) in [7, 11) is -2.57. The summed E-state index contributed by atoms with van der Waals surface area (Å²) in [5, 5.41) is 10.3. The normalized spacial score (nSPS) is 12.0. The van der Waals surface area contributed by atoms with Gasteiger partial charge in [0.15, 0.2) is 0 Å². The molecule has 2 aliphatic rings. The van der Waals surface area contributed by atoms with Crippen LogP contribution in [0.4, 0.5) is 5.69 Å². The van der Waals surface area contributed by atoms with Crippen LogP contribution >= 0.6 is 0 Å². The molecule has 1 aromatic carbocycles. The number of nitrogens with one attached hydrogen (secondary N) is 1. The summed E-state index contributed by atoms with van der Waals surface area (Å²) in [4.78, 5) is 12.3. The second-order valence-corrected chi connectivity index (χ2v) is 8.57.